The quantitative estimate of drug-likeness (QED) is 0.355. The highest BCUT2D eigenvalue weighted by atomic mass is 79.9. The number of carbonyl (C=O) groups excluding carboxylic acids is 3. The highest BCUT2D eigenvalue weighted by Gasteiger charge is 2.14. The smallest absolute Gasteiger partial charge is 0.325 e. The number of anilines is 2. The van der Waals surface area contributed by atoms with Crippen LogP contribution in [0.5, 0.6) is 0 Å². The minimum Gasteiger partial charge on any atom is -0.325 e. The fourth-order valence-corrected chi connectivity index (χ4v) is 2.65. The fourth-order valence-electron chi connectivity index (χ4n) is 2.08. The van der Waals surface area contributed by atoms with Gasteiger partial charge in [-0.25, -0.2) is 5.43 Å². The van der Waals surface area contributed by atoms with Gasteiger partial charge in [0.25, 0.3) is 0 Å². The lowest BCUT2D eigenvalue weighted by atomic mass is 10.2. The van der Waals surface area contributed by atoms with Crippen LogP contribution in [0, 0.1) is 6.92 Å². The van der Waals surface area contributed by atoms with Crippen molar-refractivity contribution in [1.29, 1.82) is 0 Å². The minimum absolute atomic E-state index is 0.0448. The zero-order valence-electron chi connectivity index (χ0n) is 15.2. The summed E-state index contributed by atoms with van der Waals surface area (Å²) in [6.45, 7) is 3.39. The molecule has 0 atom stereocenters. The van der Waals surface area contributed by atoms with Gasteiger partial charge in [0.1, 0.15) is 0 Å². The van der Waals surface area contributed by atoms with Crippen LogP contribution in [-0.4, -0.2) is 23.4 Å². The molecule has 0 fully saturated rings. The molecule has 0 bridgehead atoms. The summed E-state index contributed by atoms with van der Waals surface area (Å²) in [5.41, 5.74) is 4.33. The second kappa shape index (κ2) is 10.0. The molecule has 9 heteroatoms. The normalized spacial score (nSPS) is 10.9. The summed E-state index contributed by atoms with van der Waals surface area (Å²) in [7, 11) is 0. The van der Waals surface area contributed by atoms with Crippen molar-refractivity contribution < 1.29 is 14.4 Å². The third-order valence-electron chi connectivity index (χ3n) is 3.55. The first-order chi connectivity index (χ1) is 13.3. The topological polar surface area (TPSA) is 99.7 Å². The number of hydrazone groups is 1. The molecule has 0 aliphatic heterocycles. The summed E-state index contributed by atoms with van der Waals surface area (Å²) < 4.78 is 0.749. The van der Waals surface area contributed by atoms with Crippen molar-refractivity contribution in [3.8, 4) is 0 Å². The Balaban J connectivity index is 1.86. The van der Waals surface area contributed by atoms with Crippen LogP contribution in [0.1, 0.15) is 18.9 Å². The molecule has 0 aliphatic rings. The zero-order chi connectivity index (χ0) is 20.7. The molecule has 146 valence electrons. The van der Waals surface area contributed by atoms with E-state index < -0.39 is 11.8 Å². The van der Waals surface area contributed by atoms with E-state index in [-0.39, 0.29) is 12.3 Å². The molecule has 0 unspecified atom stereocenters. The molecule has 0 radical (unpaired) electrons. The van der Waals surface area contributed by atoms with Crippen molar-refractivity contribution >= 4 is 62.3 Å². The standard InChI is InChI=1S/C19H18BrClN4O3/c1-11-7-8-13(10-15(11)21)22-18(27)19(28)25-24-12(2)9-17(26)23-16-6-4-3-5-14(16)20/h3-8,10H,9H2,1-2H3,(H,22,27)(H,23,26)(H,25,28)/b24-12+. The van der Waals surface area contributed by atoms with Crippen LogP contribution >= 0.6 is 27.5 Å². The first-order valence-corrected chi connectivity index (χ1v) is 9.38. The highest BCUT2D eigenvalue weighted by molar-refractivity contribution is 9.10. The second-order valence-electron chi connectivity index (χ2n) is 5.91. The summed E-state index contributed by atoms with van der Waals surface area (Å²) in [6.07, 6.45) is -0.0448. The summed E-state index contributed by atoms with van der Waals surface area (Å²) in [6, 6.07) is 12.1. The summed E-state index contributed by atoms with van der Waals surface area (Å²) in [4.78, 5) is 35.8. The van der Waals surface area contributed by atoms with Gasteiger partial charge >= 0.3 is 11.8 Å². The predicted molar refractivity (Wildman–Crippen MR) is 113 cm³/mol. The molecule has 7 nitrogen and oxygen atoms in total. The zero-order valence-corrected chi connectivity index (χ0v) is 17.5. The molecule has 28 heavy (non-hydrogen) atoms. The van der Waals surface area contributed by atoms with Gasteiger partial charge in [0, 0.05) is 20.9 Å². The number of carbonyl (C=O) groups is 3. The minimum atomic E-state index is -0.956. The summed E-state index contributed by atoms with van der Waals surface area (Å²) >= 11 is 9.32. The number of hydrogen-bond donors (Lipinski definition) is 3. The number of halogens is 2. The van der Waals surface area contributed by atoms with Gasteiger partial charge in [-0.3, -0.25) is 14.4 Å². The summed E-state index contributed by atoms with van der Waals surface area (Å²) in [5.74, 6) is -2.16. The number of rotatable bonds is 5. The molecule has 3 N–H and O–H groups in total. The molecule has 3 amide bonds. The number of para-hydroxylation sites is 1. The van der Waals surface area contributed by atoms with Crippen LogP contribution in [0.2, 0.25) is 5.02 Å². The van der Waals surface area contributed by atoms with Crippen LogP contribution in [0.15, 0.2) is 52.0 Å². The van der Waals surface area contributed by atoms with E-state index in [1.165, 1.54) is 0 Å². The molecule has 0 saturated heterocycles. The Hall–Kier alpha value is -2.71. The maximum atomic E-state index is 12.0. The predicted octanol–water partition coefficient (Wildman–Crippen LogP) is 3.87. The van der Waals surface area contributed by atoms with Crippen molar-refractivity contribution in [2.24, 2.45) is 5.10 Å². The Labute approximate surface area is 175 Å². The van der Waals surface area contributed by atoms with E-state index in [2.05, 4.69) is 37.1 Å². The van der Waals surface area contributed by atoms with Gasteiger partial charge in [0.05, 0.1) is 12.1 Å². The molecule has 0 spiro atoms. The highest BCUT2D eigenvalue weighted by Crippen LogP contribution is 2.21. The average Bonchev–Trinajstić information content (AvgIpc) is 2.64. The van der Waals surface area contributed by atoms with Gasteiger partial charge in [-0.05, 0) is 59.6 Å². The lowest BCUT2D eigenvalue weighted by molar-refractivity contribution is -0.136. The number of aryl methyl sites for hydroxylation is 1. The summed E-state index contributed by atoms with van der Waals surface area (Å²) in [5, 5.41) is 9.40. The van der Waals surface area contributed by atoms with Crippen molar-refractivity contribution in [3.05, 3.63) is 57.5 Å². The van der Waals surface area contributed by atoms with Gasteiger partial charge in [-0.1, -0.05) is 29.8 Å². The van der Waals surface area contributed by atoms with Crippen LogP contribution in [0.4, 0.5) is 11.4 Å². The Kier molecular flexibility index (Phi) is 7.71. The lowest BCUT2D eigenvalue weighted by Crippen LogP contribution is -2.33. The Morgan fingerprint density at radius 2 is 1.79 bits per heavy atom. The molecule has 0 aromatic heterocycles. The first kappa shape index (κ1) is 21.6. The molecular weight excluding hydrogens is 448 g/mol. The Morgan fingerprint density at radius 1 is 1.07 bits per heavy atom. The van der Waals surface area contributed by atoms with Crippen LogP contribution in [0.25, 0.3) is 0 Å². The van der Waals surface area contributed by atoms with Gasteiger partial charge in [-0.2, -0.15) is 5.10 Å². The SMILES string of the molecule is C/C(CC(=O)Nc1ccccc1Br)=N\NC(=O)C(=O)Nc1ccc(C)c(Cl)c1. The third-order valence-corrected chi connectivity index (χ3v) is 4.65. The Morgan fingerprint density at radius 3 is 2.46 bits per heavy atom. The van der Waals surface area contributed by atoms with E-state index in [0.29, 0.717) is 22.1 Å². The second-order valence-corrected chi connectivity index (χ2v) is 7.17. The van der Waals surface area contributed by atoms with Gasteiger partial charge in [-0.15, -0.1) is 0 Å². The average molecular weight is 466 g/mol. The molecule has 2 aromatic rings. The van der Waals surface area contributed by atoms with Crippen molar-refractivity contribution in [2.45, 2.75) is 20.3 Å². The van der Waals surface area contributed by atoms with E-state index in [1.54, 1.807) is 43.3 Å². The number of amides is 3. The molecule has 2 rings (SSSR count). The first-order valence-electron chi connectivity index (χ1n) is 8.21. The van der Waals surface area contributed by atoms with E-state index in [4.69, 9.17) is 11.6 Å². The van der Waals surface area contributed by atoms with Crippen molar-refractivity contribution in [1.82, 2.24) is 5.43 Å². The van der Waals surface area contributed by atoms with E-state index in [0.717, 1.165) is 10.0 Å². The number of hydrogen-bond acceptors (Lipinski definition) is 4. The fraction of sp³-hybridized carbons (Fsp3) is 0.158. The monoisotopic (exact) mass is 464 g/mol. The van der Waals surface area contributed by atoms with Crippen LogP contribution in [-0.2, 0) is 14.4 Å². The lowest BCUT2D eigenvalue weighted by Gasteiger charge is -2.08. The van der Waals surface area contributed by atoms with Crippen LogP contribution in [0.3, 0.4) is 0 Å². The maximum absolute atomic E-state index is 12.0. The third kappa shape index (κ3) is 6.47. The van der Waals surface area contributed by atoms with Crippen molar-refractivity contribution in [2.75, 3.05) is 10.6 Å². The number of nitrogens with zero attached hydrogens (tertiary/aromatic N) is 1. The molecule has 0 heterocycles. The maximum Gasteiger partial charge on any atom is 0.329 e. The molecule has 2 aromatic carbocycles. The number of nitrogens with one attached hydrogen (secondary N) is 3. The van der Waals surface area contributed by atoms with E-state index in [9.17, 15) is 14.4 Å². The van der Waals surface area contributed by atoms with E-state index >= 15 is 0 Å². The van der Waals surface area contributed by atoms with Crippen molar-refractivity contribution in [3.63, 3.8) is 0 Å². The molecular formula is C19H18BrClN4O3. The van der Waals surface area contributed by atoms with Gasteiger partial charge < -0.3 is 10.6 Å². The molecule has 0 aliphatic carbocycles. The van der Waals surface area contributed by atoms with Gasteiger partial charge in [0.15, 0.2) is 0 Å². The molecule has 0 saturated carbocycles. The number of benzene rings is 2. The van der Waals surface area contributed by atoms with Crippen LogP contribution < -0.4 is 16.1 Å². The van der Waals surface area contributed by atoms with Gasteiger partial charge in [0.2, 0.25) is 5.91 Å². The van der Waals surface area contributed by atoms with E-state index in [1.807, 2.05) is 13.0 Å². The Bertz CT molecular complexity index is 947. The largest absolute Gasteiger partial charge is 0.329 e.